The van der Waals surface area contributed by atoms with Crippen molar-refractivity contribution < 1.29 is 19.4 Å². The molecule has 0 fully saturated rings. The third-order valence-corrected chi connectivity index (χ3v) is 6.54. The summed E-state index contributed by atoms with van der Waals surface area (Å²) in [5.74, 6) is 0.139. The molecular formula is C25H19Cl2NO4S. The fourth-order valence-electron chi connectivity index (χ4n) is 3.25. The molecule has 1 heterocycles. The third kappa shape index (κ3) is 5.66. The Morgan fingerprint density at radius 1 is 1.09 bits per heavy atom. The van der Waals surface area contributed by atoms with E-state index in [9.17, 15) is 9.90 Å². The normalized spacial score (nSPS) is 11.5. The quantitative estimate of drug-likeness (QED) is 0.277. The van der Waals surface area contributed by atoms with Crippen LogP contribution in [0.3, 0.4) is 0 Å². The Hall–Kier alpha value is -3.06. The number of benzene rings is 3. The molecule has 0 saturated carbocycles. The number of thiazole rings is 1. The molecule has 4 rings (SSSR count). The second kappa shape index (κ2) is 10.3. The van der Waals surface area contributed by atoms with Crippen LogP contribution in [0.25, 0.3) is 21.9 Å². The number of fused-ring (bicyclic) bond motifs is 1. The van der Waals surface area contributed by atoms with Crippen LogP contribution in [0.15, 0.2) is 60.7 Å². The number of nitrogens with zero attached hydrogens (tertiary/aromatic N) is 1. The molecule has 0 aliphatic rings. The van der Waals surface area contributed by atoms with Crippen LogP contribution in [0.2, 0.25) is 10.0 Å². The first kappa shape index (κ1) is 23.1. The highest BCUT2D eigenvalue weighted by molar-refractivity contribution is 7.19. The lowest BCUT2D eigenvalue weighted by molar-refractivity contribution is -0.135. The van der Waals surface area contributed by atoms with Crippen molar-refractivity contribution in [2.24, 2.45) is 0 Å². The minimum Gasteiger partial charge on any atom is -0.493 e. The number of ether oxygens (including phenoxy) is 2. The standard InChI is InChI=1S/C25H19Cl2NO4S/c1-31-22-11-15(6-9-21(22)32-14-16-7-8-18(26)13-19(16)27)10-17(12-24(29)30)25-28-20-4-2-3-5-23(20)33-25/h2-11,13H,12,14H2,1H3,(H,29,30). The second-order valence-electron chi connectivity index (χ2n) is 7.16. The van der Waals surface area contributed by atoms with Crippen LogP contribution in [0.1, 0.15) is 22.6 Å². The molecule has 3 aromatic carbocycles. The van der Waals surface area contributed by atoms with Crippen LogP contribution in [0.5, 0.6) is 11.5 Å². The Morgan fingerprint density at radius 3 is 2.64 bits per heavy atom. The molecule has 0 atom stereocenters. The molecule has 0 aliphatic heterocycles. The van der Waals surface area contributed by atoms with Gasteiger partial charge in [0.05, 0.1) is 23.7 Å². The van der Waals surface area contributed by atoms with Crippen molar-refractivity contribution in [3.8, 4) is 11.5 Å². The minimum absolute atomic E-state index is 0.143. The summed E-state index contributed by atoms with van der Waals surface area (Å²) in [5, 5.41) is 11.2. The molecule has 5 nitrogen and oxygen atoms in total. The average molecular weight is 500 g/mol. The number of halogens is 2. The lowest BCUT2D eigenvalue weighted by Crippen LogP contribution is -1.99. The van der Waals surface area contributed by atoms with E-state index in [1.165, 1.54) is 11.3 Å². The number of rotatable bonds is 8. The van der Waals surface area contributed by atoms with E-state index in [1.807, 2.05) is 42.5 Å². The lowest BCUT2D eigenvalue weighted by Gasteiger charge is -2.13. The topological polar surface area (TPSA) is 68.7 Å². The van der Waals surface area contributed by atoms with Crippen molar-refractivity contribution in [1.29, 1.82) is 0 Å². The minimum atomic E-state index is -0.924. The largest absolute Gasteiger partial charge is 0.493 e. The Balaban J connectivity index is 1.61. The molecule has 4 aromatic rings. The summed E-state index contributed by atoms with van der Waals surface area (Å²) in [6.07, 6.45) is 1.67. The van der Waals surface area contributed by atoms with Gasteiger partial charge in [-0.3, -0.25) is 4.79 Å². The zero-order valence-electron chi connectivity index (χ0n) is 17.5. The summed E-state index contributed by atoms with van der Waals surface area (Å²) in [7, 11) is 1.55. The van der Waals surface area contributed by atoms with Crippen molar-refractivity contribution in [3.63, 3.8) is 0 Å². The number of carbonyl (C=O) groups is 1. The number of para-hydroxylation sites is 1. The fourth-order valence-corrected chi connectivity index (χ4v) is 4.69. The predicted molar refractivity (Wildman–Crippen MR) is 134 cm³/mol. The number of carboxylic acid groups (broad SMARTS) is 1. The predicted octanol–water partition coefficient (Wildman–Crippen LogP) is 7.21. The number of hydrogen-bond donors (Lipinski definition) is 1. The van der Waals surface area contributed by atoms with Crippen molar-refractivity contribution in [2.45, 2.75) is 13.0 Å². The van der Waals surface area contributed by atoms with E-state index < -0.39 is 5.97 Å². The fraction of sp³-hybridized carbons (Fsp3) is 0.120. The number of hydrogen-bond acceptors (Lipinski definition) is 5. The van der Waals surface area contributed by atoms with Gasteiger partial charge in [-0.1, -0.05) is 47.5 Å². The van der Waals surface area contributed by atoms with Crippen molar-refractivity contribution in [2.75, 3.05) is 7.11 Å². The molecule has 0 radical (unpaired) electrons. The van der Waals surface area contributed by atoms with E-state index in [1.54, 1.807) is 31.4 Å². The van der Waals surface area contributed by atoms with E-state index in [0.29, 0.717) is 32.1 Å². The zero-order chi connectivity index (χ0) is 23.4. The van der Waals surface area contributed by atoms with Gasteiger partial charge in [-0.25, -0.2) is 4.98 Å². The number of aliphatic carboxylic acids is 1. The first-order chi connectivity index (χ1) is 15.9. The van der Waals surface area contributed by atoms with E-state index in [2.05, 4.69) is 4.98 Å². The van der Waals surface area contributed by atoms with Gasteiger partial charge in [0.25, 0.3) is 0 Å². The van der Waals surface area contributed by atoms with Gasteiger partial charge in [0, 0.05) is 15.6 Å². The zero-order valence-corrected chi connectivity index (χ0v) is 19.9. The highest BCUT2D eigenvalue weighted by atomic mass is 35.5. The number of carboxylic acids is 1. The number of methoxy groups -OCH3 is 1. The second-order valence-corrected chi connectivity index (χ2v) is 9.04. The molecule has 168 valence electrons. The van der Waals surface area contributed by atoms with Gasteiger partial charge in [-0.15, -0.1) is 11.3 Å². The molecule has 0 unspecified atom stereocenters. The maximum atomic E-state index is 11.5. The summed E-state index contributed by atoms with van der Waals surface area (Å²) in [6.45, 7) is 0.248. The van der Waals surface area contributed by atoms with E-state index >= 15 is 0 Å². The van der Waals surface area contributed by atoms with Crippen LogP contribution < -0.4 is 9.47 Å². The third-order valence-electron chi connectivity index (χ3n) is 4.84. The summed E-state index contributed by atoms with van der Waals surface area (Å²) in [5.41, 5.74) is 3.04. The van der Waals surface area contributed by atoms with Gasteiger partial charge in [0.1, 0.15) is 11.6 Å². The van der Waals surface area contributed by atoms with Crippen LogP contribution in [-0.2, 0) is 11.4 Å². The summed E-state index contributed by atoms with van der Waals surface area (Å²) in [4.78, 5) is 16.1. The molecular weight excluding hydrogens is 481 g/mol. The highest BCUT2D eigenvalue weighted by Gasteiger charge is 2.14. The Morgan fingerprint density at radius 2 is 1.91 bits per heavy atom. The van der Waals surface area contributed by atoms with Crippen LogP contribution in [0, 0.1) is 0 Å². The first-order valence-corrected chi connectivity index (χ1v) is 11.5. The lowest BCUT2D eigenvalue weighted by atomic mass is 10.1. The van der Waals surface area contributed by atoms with Crippen molar-refractivity contribution >= 4 is 62.4 Å². The van der Waals surface area contributed by atoms with Gasteiger partial charge in [-0.05, 0) is 53.6 Å². The molecule has 33 heavy (non-hydrogen) atoms. The number of aromatic nitrogens is 1. The maximum Gasteiger partial charge on any atom is 0.307 e. The molecule has 0 bridgehead atoms. The molecule has 0 aliphatic carbocycles. The highest BCUT2D eigenvalue weighted by Crippen LogP contribution is 2.34. The molecule has 0 amide bonds. The van der Waals surface area contributed by atoms with Crippen LogP contribution in [-0.4, -0.2) is 23.2 Å². The molecule has 0 saturated heterocycles. The summed E-state index contributed by atoms with van der Waals surface area (Å²) >= 11 is 13.6. The van der Waals surface area contributed by atoms with Gasteiger partial charge in [0.15, 0.2) is 11.5 Å². The average Bonchev–Trinajstić information content (AvgIpc) is 3.22. The molecule has 1 N–H and O–H groups in total. The summed E-state index contributed by atoms with van der Waals surface area (Å²) < 4.78 is 12.4. The Bertz CT molecular complexity index is 1320. The van der Waals surface area contributed by atoms with Gasteiger partial charge < -0.3 is 14.6 Å². The summed E-state index contributed by atoms with van der Waals surface area (Å²) in [6, 6.07) is 18.4. The first-order valence-electron chi connectivity index (χ1n) is 9.96. The molecule has 8 heteroatoms. The van der Waals surface area contributed by atoms with Crippen molar-refractivity contribution in [1.82, 2.24) is 4.98 Å². The maximum absolute atomic E-state index is 11.5. The van der Waals surface area contributed by atoms with E-state index in [0.717, 1.165) is 21.3 Å². The van der Waals surface area contributed by atoms with Gasteiger partial charge >= 0.3 is 5.97 Å². The SMILES string of the molecule is COc1cc(C=C(CC(=O)O)c2nc3ccccc3s2)ccc1OCc1ccc(Cl)cc1Cl. The smallest absolute Gasteiger partial charge is 0.307 e. The van der Waals surface area contributed by atoms with E-state index in [4.69, 9.17) is 32.7 Å². The molecule has 1 aromatic heterocycles. The van der Waals surface area contributed by atoms with Crippen molar-refractivity contribution in [3.05, 3.63) is 86.8 Å². The monoisotopic (exact) mass is 499 g/mol. The molecule has 0 spiro atoms. The van der Waals surface area contributed by atoms with E-state index in [-0.39, 0.29) is 13.0 Å². The van der Waals surface area contributed by atoms with Crippen LogP contribution in [0.4, 0.5) is 0 Å². The van der Waals surface area contributed by atoms with Gasteiger partial charge in [-0.2, -0.15) is 0 Å². The Labute approximate surface area is 204 Å². The van der Waals surface area contributed by atoms with Gasteiger partial charge in [0.2, 0.25) is 0 Å². The van der Waals surface area contributed by atoms with Crippen LogP contribution >= 0.6 is 34.5 Å². The Kier molecular flexibility index (Phi) is 7.18.